The SMILES string of the molecule is CC(C#N)NCC(C)(C)c1csc2ccccc12. The molecule has 18 heavy (non-hydrogen) atoms. The van der Waals surface area contributed by atoms with Gasteiger partial charge in [0.25, 0.3) is 0 Å². The van der Waals surface area contributed by atoms with Crippen LogP contribution in [0, 0.1) is 11.3 Å². The van der Waals surface area contributed by atoms with Crippen molar-refractivity contribution in [3.05, 3.63) is 35.2 Å². The van der Waals surface area contributed by atoms with E-state index in [1.54, 1.807) is 11.3 Å². The molecule has 0 spiro atoms. The Labute approximate surface area is 112 Å². The highest BCUT2D eigenvalue weighted by Crippen LogP contribution is 2.34. The van der Waals surface area contributed by atoms with Gasteiger partial charge in [-0.1, -0.05) is 32.0 Å². The maximum absolute atomic E-state index is 8.82. The van der Waals surface area contributed by atoms with Crippen LogP contribution in [0.25, 0.3) is 10.1 Å². The molecule has 0 aliphatic carbocycles. The van der Waals surface area contributed by atoms with Crippen LogP contribution in [0.3, 0.4) is 0 Å². The van der Waals surface area contributed by atoms with Gasteiger partial charge in [-0.05, 0) is 29.3 Å². The Balaban J connectivity index is 2.27. The molecule has 0 aliphatic rings. The third kappa shape index (κ3) is 2.55. The van der Waals surface area contributed by atoms with Gasteiger partial charge in [-0.3, -0.25) is 0 Å². The van der Waals surface area contributed by atoms with Gasteiger partial charge in [-0.15, -0.1) is 11.3 Å². The van der Waals surface area contributed by atoms with Crippen molar-refractivity contribution in [1.82, 2.24) is 5.32 Å². The lowest BCUT2D eigenvalue weighted by Crippen LogP contribution is -2.37. The Morgan fingerprint density at radius 3 is 2.83 bits per heavy atom. The zero-order chi connectivity index (χ0) is 13.2. The molecule has 1 atom stereocenters. The summed E-state index contributed by atoms with van der Waals surface area (Å²) in [7, 11) is 0. The lowest BCUT2D eigenvalue weighted by molar-refractivity contribution is 0.461. The van der Waals surface area contributed by atoms with Gasteiger partial charge < -0.3 is 5.32 Å². The second-order valence-electron chi connectivity index (χ2n) is 5.26. The number of hydrogen-bond acceptors (Lipinski definition) is 3. The van der Waals surface area contributed by atoms with E-state index in [-0.39, 0.29) is 11.5 Å². The van der Waals surface area contributed by atoms with Gasteiger partial charge in [-0.2, -0.15) is 5.26 Å². The van der Waals surface area contributed by atoms with Crippen LogP contribution < -0.4 is 5.32 Å². The van der Waals surface area contributed by atoms with E-state index in [1.165, 1.54) is 15.6 Å². The molecule has 2 nitrogen and oxygen atoms in total. The van der Waals surface area contributed by atoms with Crippen molar-refractivity contribution in [3.8, 4) is 6.07 Å². The van der Waals surface area contributed by atoms with Gasteiger partial charge in [-0.25, -0.2) is 0 Å². The molecule has 1 heterocycles. The zero-order valence-corrected chi connectivity index (χ0v) is 11.8. The van der Waals surface area contributed by atoms with Crippen molar-refractivity contribution in [3.63, 3.8) is 0 Å². The second-order valence-corrected chi connectivity index (χ2v) is 6.17. The fourth-order valence-electron chi connectivity index (χ4n) is 2.05. The van der Waals surface area contributed by atoms with E-state index < -0.39 is 0 Å². The summed E-state index contributed by atoms with van der Waals surface area (Å²) >= 11 is 1.79. The quantitative estimate of drug-likeness (QED) is 0.908. The molecule has 2 rings (SSSR count). The monoisotopic (exact) mass is 258 g/mol. The summed E-state index contributed by atoms with van der Waals surface area (Å²) in [6, 6.07) is 10.6. The van der Waals surface area contributed by atoms with Crippen LogP contribution in [0.5, 0.6) is 0 Å². The summed E-state index contributed by atoms with van der Waals surface area (Å²) in [5.74, 6) is 0. The molecule has 2 aromatic rings. The van der Waals surface area contributed by atoms with Crippen molar-refractivity contribution in [2.24, 2.45) is 0 Å². The van der Waals surface area contributed by atoms with E-state index in [1.807, 2.05) is 6.92 Å². The lowest BCUT2D eigenvalue weighted by Gasteiger charge is -2.25. The highest BCUT2D eigenvalue weighted by molar-refractivity contribution is 7.17. The summed E-state index contributed by atoms with van der Waals surface area (Å²) in [6.45, 7) is 7.14. The maximum atomic E-state index is 8.82. The first-order chi connectivity index (χ1) is 8.54. The number of nitriles is 1. The van der Waals surface area contributed by atoms with Crippen LogP contribution in [0.15, 0.2) is 29.6 Å². The van der Waals surface area contributed by atoms with Crippen LogP contribution in [-0.4, -0.2) is 12.6 Å². The first-order valence-corrected chi connectivity index (χ1v) is 7.02. The van der Waals surface area contributed by atoms with E-state index >= 15 is 0 Å². The second kappa shape index (κ2) is 5.09. The third-order valence-corrected chi connectivity index (χ3v) is 4.22. The zero-order valence-electron chi connectivity index (χ0n) is 11.0. The van der Waals surface area contributed by atoms with Crippen LogP contribution in [-0.2, 0) is 5.41 Å². The Hall–Kier alpha value is -1.37. The summed E-state index contributed by atoms with van der Waals surface area (Å²) in [5.41, 5.74) is 1.39. The third-order valence-electron chi connectivity index (χ3n) is 3.25. The normalized spacial score (nSPS) is 13.4. The van der Waals surface area contributed by atoms with Crippen molar-refractivity contribution in [2.75, 3.05) is 6.54 Å². The Bertz CT molecular complexity index is 577. The van der Waals surface area contributed by atoms with Crippen LogP contribution in [0.1, 0.15) is 26.3 Å². The molecule has 1 aromatic heterocycles. The van der Waals surface area contributed by atoms with E-state index in [0.717, 1.165) is 6.54 Å². The van der Waals surface area contributed by atoms with Gasteiger partial charge in [0.15, 0.2) is 0 Å². The van der Waals surface area contributed by atoms with Crippen molar-refractivity contribution >= 4 is 21.4 Å². The van der Waals surface area contributed by atoms with Gasteiger partial charge in [0.1, 0.15) is 0 Å². The van der Waals surface area contributed by atoms with E-state index in [0.29, 0.717) is 0 Å². The molecule has 0 radical (unpaired) electrons. The molecule has 1 N–H and O–H groups in total. The molecular weight excluding hydrogens is 240 g/mol. The molecule has 0 bridgehead atoms. The molecule has 0 amide bonds. The number of rotatable bonds is 4. The van der Waals surface area contributed by atoms with Gasteiger partial charge in [0, 0.05) is 16.7 Å². The Morgan fingerprint density at radius 2 is 2.11 bits per heavy atom. The van der Waals surface area contributed by atoms with E-state index in [9.17, 15) is 0 Å². The van der Waals surface area contributed by atoms with Gasteiger partial charge >= 0.3 is 0 Å². The van der Waals surface area contributed by atoms with Gasteiger partial charge in [0.05, 0.1) is 12.1 Å². The van der Waals surface area contributed by atoms with Crippen molar-refractivity contribution < 1.29 is 0 Å². The predicted octanol–water partition coefficient (Wildman–Crippen LogP) is 3.68. The Kier molecular flexibility index (Phi) is 3.70. The minimum atomic E-state index is -0.103. The highest BCUT2D eigenvalue weighted by Gasteiger charge is 2.24. The molecule has 0 saturated heterocycles. The van der Waals surface area contributed by atoms with Gasteiger partial charge in [0.2, 0.25) is 0 Å². The minimum absolute atomic E-state index is 0.0325. The topological polar surface area (TPSA) is 35.8 Å². The number of thiophene rings is 1. The number of nitrogens with one attached hydrogen (secondary N) is 1. The Morgan fingerprint density at radius 1 is 1.39 bits per heavy atom. The summed E-state index contributed by atoms with van der Waals surface area (Å²) in [6.07, 6.45) is 0. The maximum Gasteiger partial charge on any atom is 0.0924 e. The van der Waals surface area contributed by atoms with E-state index in [4.69, 9.17) is 5.26 Å². The fraction of sp³-hybridized carbons (Fsp3) is 0.400. The number of hydrogen-bond donors (Lipinski definition) is 1. The molecule has 1 unspecified atom stereocenters. The molecule has 0 fully saturated rings. The standard InChI is InChI=1S/C15H18N2S/c1-11(8-16)17-10-15(2,3)13-9-18-14-7-5-4-6-12(13)14/h4-7,9,11,17H,10H2,1-3H3. The molecule has 1 aromatic carbocycles. The summed E-state index contributed by atoms with van der Waals surface area (Å²) in [5, 5.41) is 15.7. The molecular formula is C15H18N2S. The van der Waals surface area contributed by atoms with Crippen molar-refractivity contribution in [1.29, 1.82) is 5.26 Å². The fourth-order valence-corrected chi connectivity index (χ4v) is 3.20. The molecule has 94 valence electrons. The molecule has 0 saturated carbocycles. The van der Waals surface area contributed by atoms with Crippen LogP contribution in [0.4, 0.5) is 0 Å². The van der Waals surface area contributed by atoms with E-state index in [2.05, 4.69) is 54.9 Å². The number of nitrogens with zero attached hydrogens (tertiary/aromatic N) is 1. The van der Waals surface area contributed by atoms with Crippen LogP contribution in [0.2, 0.25) is 0 Å². The lowest BCUT2D eigenvalue weighted by atomic mass is 9.84. The number of fused-ring (bicyclic) bond motifs is 1. The molecule has 3 heteroatoms. The molecule has 0 aliphatic heterocycles. The average molecular weight is 258 g/mol. The summed E-state index contributed by atoms with van der Waals surface area (Å²) in [4.78, 5) is 0. The van der Waals surface area contributed by atoms with Crippen LogP contribution >= 0.6 is 11.3 Å². The highest BCUT2D eigenvalue weighted by atomic mass is 32.1. The average Bonchev–Trinajstić information content (AvgIpc) is 2.80. The first kappa shape index (κ1) is 13.1. The minimum Gasteiger partial charge on any atom is -0.301 e. The van der Waals surface area contributed by atoms with Crippen molar-refractivity contribution in [2.45, 2.75) is 32.2 Å². The summed E-state index contributed by atoms with van der Waals surface area (Å²) < 4.78 is 1.33. The largest absolute Gasteiger partial charge is 0.301 e. The predicted molar refractivity (Wildman–Crippen MR) is 77.9 cm³/mol. The first-order valence-electron chi connectivity index (χ1n) is 6.14. The smallest absolute Gasteiger partial charge is 0.0924 e. The number of benzene rings is 1.